The molecule has 0 aliphatic carbocycles. The number of anilines is 2. The molecule has 0 atom stereocenters. The monoisotopic (exact) mass is 407 g/mol. The Morgan fingerprint density at radius 3 is 2.66 bits per heavy atom. The van der Waals surface area contributed by atoms with Crippen LogP contribution >= 0.6 is 11.6 Å². The number of nitrogens with one attached hydrogen (secondary N) is 2. The second-order valence-corrected chi connectivity index (χ2v) is 7.11. The van der Waals surface area contributed by atoms with E-state index in [1.54, 1.807) is 17.1 Å². The highest BCUT2D eigenvalue weighted by molar-refractivity contribution is 6.30. The van der Waals surface area contributed by atoms with Gasteiger partial charge in [0.25, 0.3) is 0 Å². The standard InChI is InChI=1S/C21H22ClN7/c1-15-27-20(25-12-5-4-11-24-19-9-2-3-10-23-19)18-14-26-29(21(18)28-15)17-8-6-7-16(22)13-17/h2-3,6-10,13-14H,4-5,11-12H2,1H3,(H,23,24)(H,25,27,28). The first-order valence-corrected chi connectivity index (χ1v) is 9.95. The van der Waals surface area contributed by atoms with Crippen LogP contribution in [0.1, 0.15) is 18.7 Å². The van der Waals surface area contributed by atoms with Crippen molar-refractivity contribution >= 4 is 34.3 Å². The second kappa shape index (κ2) is 8.87. The number of halogens is 1. The van der Waals surface area contributed by atoms with Gasteiger partial charge in [0.1, 0.15) is 17.5 Å². The zero-order chi connectivity index (χ0) is 20.1. The molecule has 0 saturated heterocycles. The van der Waals surface area contributed by atoms with E-state index in [2.05, 4.69) is 30.7 Å². The van der Waals surface area contributed by atoms with E-state index in [0.717, 1.165) is 54.3 Å². The largest absolute Gasteiger partial charge is 0.370 e. The molecule has 3 aromatic heterocycles. The van der Waals surface area contributed by atoms with E-state index in [-0.39, 0.29) is 0 Å². The summed E-state index contributed by atoms with van der Waals surface area (Å²) in [4.78, 5) is 13.4. The number of hydrogen-bond acceptors (Lipinski definition) is 6. The van der Waals surface area contributed by atoms with E-state index < -0.39 is 0 Å². The molecule has 3 heterocycles. The Morgan fingerprint density at radius 2 is 1.86 bits per heavy atom. The molecule has 0 spiro atoms. The Bertz CT molecular complexity index is 1090. The summed E-state index contributed by atoms with van der Waals surface area (Å²) in [6.07, 6.45) is 5.61. The smallest absolute Gasteiger partial charge is 0.168 e. The summed E-state index contributed by atoms with van der Waals surface area (Å²) < 4.78 is 1.79. The number of pyridine rings is 1. The minimum Gasteiger partial charge on any atom is -0.370 e. The summed E-state index contributed by atoms with van der Waals surface area (Å²) in [5, 5.41) is 12.8. The van der Waals surface area contributed by atoms with Crippen LogP contribution in [0.3, 0.4) is 0 Å². The van der Waals surface area contributed by atoms with Crippen LogP contribution in [-0.2, 0) is 0 Å². The molecule has 1 aromatic carbocycles. The highest BCUT2D eigenvalue weighted by Crippen LogP contribution is 2.24. The summed E-state index contributed by atoms with van der Waals surface area (Å²) >= 11 is 6.13. The number of fused-ring (bicyclic) bond motifs is 1. The molecule has 0 aliphatic rings. The molecule has 0 unspecified atom stereocenters. The van der Waals surface area contributed by atoms with Gasteiger partial charge in [-0.1, -0.05) is 23.7 Å². The maximum absolute atomic E-state index is 6.13. The second-order valence-electron chi connectivity index (χ2n) is 6.67. The number of hydrogen-bond donors (Lipinski definition) is 2. The maximum atomic E-state index is 6.13. The number of aryl methyl sites for hydroxylation is 1. The minimum absolute atomic E-state index is 0.662. The SMILES string of the molecule is Cc1nc(NCCCCNc2ccccn2)c2cnn(-c3cccc(Cl)c3)c2n1. The number of aromatic nitrogens is 5. The predicted molar refractivity (Wildman–Crippen MR) is 117 cm³/mol. The van der Waals surface area contributed by atoms with E-state index >= 15 is 0 Å². The van der Waals surface area contributed by atoms with Crippen LogP contribution < -0.4 is 10.6 Å². The Balaban J connectivity index is 1.40. The predicted octanol–water partition coefficient (Wildman–Crippen LogP) is 4.48. The Morgan fingerprint density at radius 1 is 1.00 bits per heavy atom. The Hall–Kier alpha value is -3.19. The van der Waals surface area contributed by atoms with Crippen molar-refractivity contribution in [3.63, 3.8) is 0 Å². The lowest BCUT2D eigenvalue weighted by Crippen LogP contribution is -2.09. The first kappa shape index (κ1) is 19.1. The molecule has 0 fully saturated rings. The molecule has 2 N–H and O–H groups in total. The van der Waals surface area contributed by atoms with Gasteiger partial charge in [0.05, 0.1) is 17.3 Å². The molecule has 4 aromatic rings. The highest BCUT2D eigenvalue weighted by Gasteiger charge is 2.12. The van der Waals surface area contributed by atoms with Crippen molar-refractivity contribution in [2.75, 3.05) is 23.7 Å². The normalized spacial score (nSPS) is 11.0. The van der Waals surface area contributed by atoms with Gasteiger partial charge in [-0.25, -0.2) is 19.6 Å². The molecule has 0 saturated carbocycles. The van der Waals surface area contributed by atoms with Gasteiger partial charge in [-0.3, -0.25) is 0 Å². The minimum atomic E-state index is 0.662. The van der Waals surface area contributed by atoms with E-state index in [1.807, 2.05) is 49.4 Å². The summed E-state index contributed by atoms with van der Waals surface area (Å²) in [6.45, 7) is 3.58. The van der Waals surface area contributed by atoms with Gasteiger partial charge in [0.15, 0.2) is 5.65 Å². The van der Waals surface area contributed by atoms with E-state index in [9.17, 15) is 0 Å². The molecule has 0 radical (unpaired) electrons. The molecule has 29 heavy (non-hydrogen) atoms. The van der Waals surface area contributed by atoms with Gasteiger partial charge < -0.3 is 10.6 Å². The molecule has 148 valence electrons. The van der Waals surface area contributed by atoms with Crippen LogP contribution in [-0.4, -0.2) is 37.8 Å². The fraction of sp³-hybridized carbons (Fsp3) is 0.238. The summed E-state index contributed by atoms with van der Waals surface area (Å²) in [6, 6.07) is 13.4. The molecule has 8 heteroatoms. The molecule has 4 rings (SSSR count). The van der Waals surface area contributed by atoms with Crippen molar-refractivity contribution in [1.82, 2.24) is 24.7 Å². The fourth-order valence-electron chi connectivity index (χ4n) is 3.09. The van der Waals surface area contributed by atoms with E-state index in [4.69, 9.17) is 11.6 Å². The fourth-order valence-corrected chi connectivity index (χ4v) is 3.27. The van der Waals surface area contributed by atoms with Crippen molar-refractivity contribution < 1.29 is 0 Å². The first-order chi connectivity index (χ1) is 14.2. The molecule has 7 nitrogen and oxygen atoms in total. The molecule has 0 aliphatic heterocycles. The molecular formula is C21H22ClN7. The third-order valence-corrected chi connectivity index (χ3v) is 4.70. The average Bonchev–Trinajstić information content (AvgIpc) is 3.15. The van der Waals surface area contributed by atoms with Crippen LogP contribution in [0.15, 0.2) is 54.9 Å². The van der Waals surface area contributed by atoms with E-state index in [0.29, 0.717) is 10.8 Å². The lowest BCUT2D eigenvalue weighted by molar-refractivity contribution is 0.791. The summed E-state index contributed by atoms with van der Waals surface area (Å²) in [5.41, 5.74) is 1.64. The maximum Gasteiger partial charge on any atom is 0.168 e. The first-order valence-electron chi connectivity index (χ1n) is 9.58. The van der Waals surface area contributed by atoms with Crippen LogP contribution in [0.2, 0.25) is 5.02 Å². The van der Waals surface area contributed by atoms with Crippen LogP contribution in [0.25, 0.3) is 16.7 Å². The van der Waals surface area contributed by atoms with Crippen molar-refractivity contribution in [1.29, 1.82) is 0 Å². The number of nitrogens with zero attached hydrogens (tertiary/aromatic N) is 5. The molecular weight excluding hydrogens is 386 g/mol. The summed E-state index contributed by atoms with van der Waals surface area (Å²) in [5.74, 6) is 2.40. The third kappa shape index (κ3) is 4.63. The van der Waals surface area contributed by atoms with Gasteiger partial charge >= 0.3 is 0 Å². The Kier molecular flexibility index (Phi) is 5.86. The van der Waals surface area contributed by atoms with Gasteiger partial charge in [-0.05, 0) is 50.1 Å². The van der Waals surface area contributed by atoms with Crippen molar-refractivity contribution in [2.45, 2.75) is 19.8 Å². The Labute approximate surface area is 174 Å². The van der Waals surface area contributed by atoms with Gasteiger partial charge in [0.2, 0.25) is 0 Å². The number of unbranched alkanes of at least 4 members (excludes halogenated alkanes) is 1. The van der Waals surface area contributed by atoms with Crippen molar-refractivity contribution in [3.8, 4) is 5.69 Å². The lowest BCUT2D eigenvalue weighted by atomic mass is 10.3. The van der Waals surface area contributed by atoms with Crippen LogP contribution in [0.5, 0.6) is 0 Å². The lowest BCUT2D eigenvalue weighted by Gasteiger charge is -2.09. The zero-order valence-electron chi connectivity index (χ0n) is 16.1. The van der Waals surface area contributed by atoms with Crippen molar-refractivity contribution in [3.05, 3.63) is 65.7 Å². The number of rotatable bonds is 8. The molecule has 0 amide bonds. The number of benzene rings is 1. The van der Waals surface area contributed by atoms with Crippen LogP contribution in [0, 0.1) is 6.92 Å². The quantitative estimate of drug-likeness (QED) is 0.419. The molecule has 0 bridgehead atoms. The highest BCUT2D eigenvalue weighted by atomic mass is 35.5. The third-order valence-electron chi connectivity index (χ3n) is 4.46. The van der Waals surface area contributed by atoms with Crippen LogP contribution in [0.4, 0.5) is 11.6 Å². The topological polar surface area (TPSA) is 80.5 Å². The van der Waals surface area contributed by atoms with Gasteiger partial charge in [0, 0.05) is 24.3 Å². The van der Waals surface area contributed by atoms with E-state index in [1.165, 1.54) is 0 Å². The zero-order valence-corrected chi connectivity index (χ0v) is 16.9. The van der Waals surface area contributed by atoms with Crippen molar-refractivity contribution in [2.24, 2.45) is 0 Å². The summed E-state index contributed by atoms with van der Waals surface area (Å²) in [7, 11) is 0. The van der Waals surface area contributed by atoms with Gasteiger partial charge in [-0.2, -0.15) is 5.10 Å². The average molecular weight is 408 g/mol. The van der Waals surface area contributed by atoms with Gasteiger partial charge in [-0.15, -0.1) is 0 Å².